The Morgan fingerprint density at radius 1 is 1.26 bits per heavy atom. The molecule has 7 nitrogen and oxygen atoms in total. The summed E-state index contributed by atoms with van der Waals surface area (Å²) in [6.45, 7) is 4.26. The molecule has 3 heterocycles. The number of rotatable bonds is 5. The number of amides is 1. The molecule has 0 spiro atoms. The summed E-state index contributed by atoms with van der Waals surface area (Å²) < 4.78 is 10.5. The first-order valence-electron chi connectivity index (χ1n) is 10.2. The number of aliphatic imine (C=N–C) groups is 1. The average Bonchev–Trinajstić information content (AvgIpc) is 3.20. The summed E-state index contributed by atoms with van der Waals surface area (Å²) in [6, 6.07) is 6.96. The maximum atomic E-state index is 12.9. The van der Waals surface area contributed by atoms with Gasteiger partial charge in [-0.1, -0.05) is 42.4 Å². The van der Waals surface area contributed by atoms with Crippen LogP contribution in [0.15, 0.2) is 51.6 Å². The Labute approximate surface area is 190 Å². The molecule has 3 aliphatic rings. The van der Waals surface area contributed by atoms with Gasteiger partial charge < -0.3 is 19.3 Å². The molecule has 1 aromatic rings. The number of fused-ring (bicyclic) bond motifs is 1. The zero-order valence-electron chi connectivity index (χ0n) is 17.5. The van der Waals surface area contributed by atoms with E-state index >= 15 is 0 Å². The quantitative estimate of drug-likeness (QED) is 0.622. The normalized spacial score (nSPS) is 20.9. The Morgan fingerprint density at radius 3 is 2.61 bits per heavy atom. The number of ether oxygens (including phenoxy) is 2. The highest BCUT2D eigenvalue weighted by molar-refractivity contribution is 8.16. The zero-order chi connectivity index (χ0) is 22.0. The van der Waals surface area contributed by atoms with E-state index in [-0.39, 0.29) is 12.3 Å². The van der Waals surface area contributed by atoms with Gasteiger partial charge in [0.05, 0.1) is 44.1 Å². The third kappa shape index (κ3) is 4.37. The number of methoxy groups -OCH3 is 1. The third-order valence-electron chi connectivity index (χ3n) is 5.51. The van der Waals surface area contributed by atoms with Crippen LogP contribution >= 0.6 is 23.4 Å². The van der Waals surface area contributed by atoms with Crippen molar-refractivity contribution in [1.82, 2.24) is 9.80 Å². The fraction of sp³-hybridized carbons (Fsp3) is 0.409. The summed E-state index contributed by atoms with van der Waals surface area (Å²) in [5.74, 6) is -0.383. The Bertz CT molecular complexity index is 967. The lowest BCUT2D eigenvalue weighted by Gasteiger charge is -2.37. The number of halogens is 1. The van der Waals surface area contributed by atoms with Crippen molar-refractivity contribution >= 4 is 40.4 Å². The maximum absolute atomic E-state index is 12.9. The van der Waals surface area contributed by atoms with Crippen LogP contribution in [0.4, 0.5) is 0 Å². The molecule has 31 heavy (non-hydrogen) atoms. The summed E-state index contributed by atoms with van der Waals surface area (Å²) in [5.41, 5.74) is 2.88. The smallest absolute Gasteiger partial charge is 0.338 e. The highest BCUT2D eigenvalue weighted by atomic mass is 35.5. The van der Waals surface area contributed by atoms with Crippen molar-refractivity contribution in [2.24, 2.45) is 4.99 Å². The van der Waals surface area contributed by atoms with Gasteiger partial charge >= 0.3 is 5.97 Å². The fourth-order valence-electron chi connectivity index (χ4n) is 3.95. The van der Waals surface area contributed by atoms with Gasteiger partial charge in [0.15, 0.2) is 5.17 Å². The van der Waals surface area contributed by atoms with E-state index in [2.05, 4.69) is 0 Å². The predicted octanol–water partition coefficient (Wildman–Crippen LogP) is 3.73. The van der Waals surface area contributed by atoms with Gasteiger partial charge in [-0.05, 0) is 29.5 Å². The molecule has 0 aliphatic carbocycles. The fourth-order valence-corrected chi connectivity index (χ4v) is 5.02. The van der Waals surface area contributed by atoms with Gasteiger partial charge in [0.25, 0.3) is 0 Å². The minimum Gasteiger partial charge on any atom is -0.466 e. The molecular formula is C22H24ClN3O4S. The van der Waals surface area contributed by atoms with E-state index in [0.29, 0.717) is 49.0 Å². The van der Waals surface area contributed by atoms with Gasteiger partial charge in [-0.3, -0.25) is 4.79 Å². The van der Waals surface area contributed by atoms with Crippen molar-refractivity contribution in [2.75, 3.05) is 33.4 Å². The Hall–Kier alpha value is -2.29. The van der Waals surface area contributed by atoms with E-state index in [9.17, 15) is 9.59 Å². The molecule has 0 N–H and O–H groups in total. The molecule has 1 unspecified atom stereocenters. The molecule has 1 atom stereocenters. The molecule has 9 heteroatoms. The molecule has 0 aromatic heterocycles. The largest absolute Gasteiger partial charge is 0.466 e. The molecule has 3 aliphatic heterocycles. The number of amidine groups is 1. The SMILES string of the molecule is CCC1=C(C(=O)OC)C(c2ccc(Cl)cc2)N2C(CC(=O)N3CCOCC3)=CSC2=N1. The van der Waals surface area contributed by atoms with Crippen LogP contribution in [0.1, 0.15) is 31.4 Å². The van der Waals surface area contributed by atoms with Crippen molar-refractivity contribution < 1.29 is 19.1 Å². The van der Waals surface area contributed by atoms with E-state index in [4.69, 9.17) is 26.1 Å². The number of carbonyl (C=O) groups is 2. The van der Waals surface area contributed by atoms with Crippen LogP contribution in [0, 0.1) is 0 Å². The van der Waals surface area contributed by atoms with Crippen LogP contribution in [0.2, 0.25) is 5.02 Å². The molecule has 0 saturated carbocycles. The van der Waals surface area contributed by atoms with Crippen molar-refractivity contribution in [2.45, 2.75) is 25.8 Å². The Morgan fingerprint density at radius 2 is 1.97 bits per heavy atom. The monoisotopic (exact) mass is 461 g/mol. The van der Waals surface area contributed by atoms with Crippen molar-refractivity contribution in [3.63, 3.8) is 0 Å². The molecule has 1 amide bonds. The van der Waals surface area contributed by atoms with E-state index in [1.165, 1.54) is 18.9 Å². The molecule has 0 bridgehead atoms. The number of nitrogens with zero attached hydrogens (tertiary/aromatic N) is 3. The zero-order valence-corrected chi connectivity index (χ0v) is 19.0. The number of thioether (sulfide) groups is 1. The van der Waals surface area contributed by atoms with Crippen molar-refractivity contribution in [1.29, 1.82) is 0 Å². The summed E-state index contributed by atoms with van der Waals surface area (Å²) in [6.07, 6.45) is 0.820. The van der Waals surface area contributed by atoms with Crippen LogP contribution in [0.5, 0.6) is 0 Å². The maximum Gasteiger partial charge on any atom is 0.338 e. The number of hydrogen-bond donors (Lipinski definition) is 0. The molecule has 1 saturated heterocycles. The van der Waals surface area contributed by atoms with Gasteiger partial charge in [0.1, 0.15) is 0 Å². The van der Waals surface area contributed by atoms with Gasteiger partial charge in [-0.15, -0.1) is 0 Å². The van der Waals surface area contributed by atoms with Gasteiger partial charge in [0, 0.05) is 23.8 Å². The highest BCUT2D eigenvalue weighted by Gasteiger charge is 2.41. The van der Waals surface area contributed by atoms with Crippen LogP contribution in [-0.4, -0.2) is 60.3 Å². The lowest BCUT2D eigenvalue weighted by atomic mass is 9.93. The van der Waals surface area contributed by atoms with Crippen molar-refractivity contribution in [3.05, 3.63) is 57.2 Å². The van der Waals surface area contributed by atoms with E-state index < -0.39 is 12.0 Å². The average molecular weight is 462 g/mol. The number of benzene rings is 1. The number of esters is 1. The summed E-state index contributed by atoms with van der Waals surface area (Å²) >= 11 is 7.58. The first kappa shape index (κ1) is 21.9. The summed E-state index contributed by atoms with van der Waals surface area (Å²) in [5, 5.41) is 3.32. The van der Waals surface area contributed by atoms with Crippen molar-refractivity contribution in [3.8, 4) is 0 Å². The molecule has 4 rings (SSSR count). The van der Waals surface area contributed by atoms with E-state index in [1.54, 1.807) is 12.1 Å². The van der Waals surface area contributed by atoms with E-state index in [1.807, 2.05) is 34.3 Å². The number of morpholine rings is 1. The Kier molecular flexibility index (Phi) is 6.69. The first-order valence-corrected chi connectivity index (χ1v) is 11.4. The third-order valence-corrected chi connectivity index (χ3v) is 6.65. The molecule has 164 valence electrons. The minimum absolute atomic E-state index is 0.0381. The topological polar surface area (TPSA) is 71.4 Å². The van der Waals surface area contributed by atoms with E-state index in [0.717, 1.165) is 16.4 Å². The number of carbonyl (C=O) groups excluding carboxylic acids is 2. The lowest BCUT2D eigenvalue weighted by molar-refractivity contribution is -0.136. The second-order valence-corrected chi connectivity index (χ2v) is 8.59. The second-order valence-electron chi connectivity index (χ2n) is 7.32. The number of hydrogen-bond acceptors (Lipinski definition) is 7. The lowest BCUT2D eigenvalue weighted by Crippen LogP contribution is -2.42. The molecule has 0 radical (unpaired) electrons. The molecular weight excluding hydrogens is 438 g/mol. The highest BCUT2D eigenvalue weighted by Crippen LogP contribution is 2.45. The summed E-state index contributed by atoms with van der Waals surface area (Å²) in [7, 11) is 1.37. The first-order chi connectivity index (χ1) is 15.0. The van der Waals surface area contributed by atoms with Gasteiger partial charge in [0.2, 0.25) is 5.91 Å². The molecule has 1 fully saturated rings. The van der Waals surface area contributed by atoms with Crippen LogP contribution < -0.4 is 0 Å². The standard InChI is InChI=1S/C22H24ClN3O4S/c1-3-17-19(21(28)29-2)20(14-4-6-15(23)7-5-14)26-16(13-31-22(26)24-17)12-18(27)25-8-10-30-11-9-25/h4-7,13,20H,3,8-12H2,1-2H3. The van der Waals surface area contributed by atoms with Gasteiger partial charge in [-0.2, -0.15) is 0 Å². The van der Waals surface area contributed by atoms with Crippen LogP contribution in [0.3, 0.4) is 0 Å². The second kappa shape index (κ2) is 9.46. The van der Waals surface area contributed by atoms with Crippen LogP contribution in [-0.2, 0) is 19.1 Å². The van der Waals surface area contributed by atoms with Crippen LogP contribution in [0.25, 0.3) is 0 Å². The Balaban J connectivity index is 1.71. The summed E-state index contributed by atoms with van der Waals surface area (Å²) in [4.78, 5) is 34.3. The molecule has 1 aromatic carbocycles. The number of allylic oxidation sites excluding steroid dienone is 1. The minimum atomic E-state index is -0.439. The van der Waals surface area contributed by atoms with Gasteiger partial charge in [-0.25, -0.2) is 9.79 Å². The predicted molar refractivity (Wildman–Crippen MR) is 120 cm³/mol.